The first-order valence-corrected chi connectivity index (χ1v) is 12.0. The van der Waals surface area contributed by atoms with Crippen molar-refractivity contribution in [2.45, 2.75) is 62.4 Å². The van der Waals surface area contributed by atoms with E-state index in [0.717, 1.165) is 32.2 Å². The van der Waals surface area contributed by atoms with Gasteiger partial charge >= 0.3 is 5.97 Å². The fourth-order valence-electron chi connectivity index (χ4n) is 5.57. The van der Waals surface area contributed by atoms with Crippen molar-refractivity contribution in [1.82, 2.24) is 4.90 Å². The molecule has 0 amide bonds. The largest absolute Gasteiger partial charge is 0.460 e. The molecule has 2 aliphatic heterocycles. The lowest BCUT2D eigenvalue weighted by Crippen LogP contribution is -2.54. The van der Waals surface area contributed by atoms with Gasteiger partial charge in [0, 0.05) is 31.5 Å². The molecule has 2 saturated heterocycles. The average Bonchev–Trinajstić information content (AvgIpc) is 2.85. The van der Waals surface area contributed by atoms with Crippen LogP contribution in [0.2, 0.25) is 0 Å². The predicted molar refractivity (Wildman–Crippen MR) is 128 cm³/mol. The van der Waals surface area contributed by atoms with Gasteiger partial charge in [0.2, 0.25) is 5.60 Å². The fraction of sp³-hybridized carbons (Fsp3) is 0.345. The molecule has 5 rings (SSSR count). The zero-order valence-electron chi connectivity index (χ0n) is 18.8. The lowest BCUT2D eigenvalue weighted by Gasteiger charge is -2.48. The summed E-state index contributed by atoms with van der Waals surface area (Å²) in [5, 5.41) is 11.7. The number of nitrogens with zero attached hydrogens (tertiary/aromatic N) is 1. The molecule has 2 atom stereocenters. The van der Waals surface area contributed by atoms with Crippen LogP contribution in [0.25, 0.3) is 0 Å². The summed E-state index contributed by atoms with van der Waals surface area (Å²) in [5.41, 5.74) is 0.567. The van der Waals surface area contributed by atoms with Crippen LogP contribution in [-0.4, -0.2) is 34.2 Å². The van der Waals surface area contributed by atoms with Crippen LogP contribution in [0.1, 0.15) is 48.8 Å². The lowest BCUT2D eigenvalue weighted by atomic mass is 9.82. The minimum atomic E-state index is -1.82. The van der Waals surface area contributed by atoms with Gasteiger partial charge in [0.1, 0.15) is 6.10 Å². The van der Waals surface area contributed by atoms with Crippen LogP contribution in [0.5, 0.6) is 0 Å². The van der Waals surface area contributed by atoms with E-state index in [4.69, 9.17) is 4.74 Å². The third-order valence-electron chi connectivity index (χ3n) is 7.24. The molecule has 0 aliphatic carbocycles. The molecule has 2 fully saturated rings. The monoisotopic (exact) mass is 441 g/mol. The fourth-order valence-corrected chi connectivity index (χ4v) is 5.57. The number of rotatable bonds is 6. The molecule has 170 valence electrons. The third kappa shape index (κ3) is 4.46. The second kappa shape index (κ2) is 9.50. The van der Waals surface area contributed by atoms with Crippen molar-refractivity contribution in [1.29, 1.82) is 0 Å². The van der Waals surface area contributed by atoms with Crippen LogP contribution in [-0.2, 0) is 21.7 Å². The van der Waals surface area contributed by atoms with E-state index in [2.05, 4.69) is 35.2 Å². The summed E-state index contributed by atoms with van der Waals surface area (Å²) in [6.07, 6.45) is 4.92. The van der Waals surface area contributed by atoms with Crippen molar-refractivity contribution >= 4 is 5.97 Å². The molecule has 1 N–H and O–H groups in total. The summed E-state index contributed by atoms with van der Waals surface area (Å²) in [5.74, 6) is -0.584. The SMILES string of the molecule is O=C(OC1C[C@@H]2CCC[C@@H](C1)N2Cc1ccccc1)C(O)(c1ccccc1)c1ccccc1. The zero-order valence-corrected chi connectivity index (χ0v) is 18.8. The standard InChI is InChI=1S/C29H31NO3/c31-28(29(32,23-13-6-2-7-14-23)24-15-8-3-9-16-24)33-27-19-25-17-10-18-26(20-27)30(25)21-22-11-4-1-5-12-22/h1-9,11-16,25-27,32H,10,17-21H2/t25-,26-/m0/s1. The molecule has 0 spiro atoms. The predicted octanol–water partition coefficient (Wildman–Crippen LogP) is 5.05. The van der Waals surface area contributed by atoms with E-state index in [9.17, 15) is 9.90 Å². The van der Waals surface area contributed by atoms with Gasteiger partial charge in [-0.3, -0.25) is 4.90 Å². The highest BCUT2D eigenvalue weighted by Crippen LogP contribution is 2.38. The quantitative estimate of drug-likeness (QED) is 0.544. The Labute approximate surface area is 195 Å². The van der Waals surface area contributed by atoms with E-state index in [1.165, 1.54) is 12.0 Å². The molecule has 2 bridgehead atoms. The number of esters is 1. The Morgan fingerprint density at radius 3 is 1.82 bits per heavy atom. The number of ether oxygens (including phenoxy) is 1. The zero-order chi connectivity index (χ0) is 22.7. The summed E-state index contributed by atoms with van der Waals surface area (Å²) in [4.78, 5) is 16.1. The van der Waals surface area contributed by atoms with Gasteiger partial charge in [-0.1, -0.05) is 97.4 Å². The van der Waals surface area contributed by atoms with Crippen molar-refractivity contribution in [2.75, 3.05) is 0 Å². The van der Waals surface area contributed by atoms with Crippen LogP contribution >= 0.6 is 0 Å². The number of hydrogen-bond acceptors (Lipinski definition) is 4. The Kier molecular flexibility index (Phi) is 6.30. The molecule has 2 heterocycles. The van der Waals surface area contributed by atoms with Crippen LogP contribution in [0.15, 0.2) is 91.0 Å². The molecule has 0 saturated carbocycles. The smallest absolute Gasteiger partial charge is 0.347 e. The molecule has 2 aliphatic rings. The Morgan fingerprint density at radius 1 is 0.818 bits per heavy atom. The summed E-state index contributed by atoms with van der Waals surface area (Å²) < 4.78 is 6.08. The number of piperidine rings is 2. The topological polar surface area (TPSA) is 49.8 Å². The second-order valence-corrected chi connectivity index (χ2v) is 9.34. The Hall–Kier alpha value is -2.95. The number of benzene rings is 3. The van der Waals surface area contributed by atoms with Gasteiger partial charge in [-0.25, -0.2) is 4.79 Å². The number of carbonyl (C=O) groups is 1. The maximum absolute atomic E-state index is 13.5. The number of carbonyl (C=O) groups excluding carboxylic acids is 1. The van der Waals surface area contributed by atoms with Gasteiger partial charge in [0.05, 0.1) is 0 Å². The van der Waals surface area contributed by atoms with Crippen molar-refractivity contribution in [3.05, 3.63) is 108 Å². The Bertz CT molecular complexity index is 1000. The Balaban J connectivity index is 1.35. The van der Waals surface area contributed by atoms with Gasteiger partial charge in [0.15, 0.2) is 0 Å². The van der Waals surface area contributed by atoms with Crippen molar-refractivity contribution in [2.24, 2.45) is 0 Å². The molecule has 4 nitrogen and oxygen atoms in total. The Morgan fingerprint density at radius 2 is 1.30 bits per heavy atom. The van der Waals surface area contributed by atoms with Crippen LogP contribution in [0.3, 0.4) is 0 Å². The highest BCUT2D eigenvalue weighted by atomic mass is 16.6. The third-order valence-corrected chi connectivity index (χ3v) is 7.24. The van der Waals surface area contributed by atoms with Gasteiger partial charge in [-0.2, -0.15) is 0 Å². The molecule has 33 heavy (non-hydrogen) atoms. The maximum atomic E-state index is 13.5. The van der Waals surface area contributed by atoms with Crippen LogP contribution in [0, 0.1) is 0 Å². The molecule has 0 radical (unpaired) electrons. The molecule has 0 unspecified atom stereocenters. The number of fused-ring (bicyclic) bond motifs is 2. The first-order chi connectivity index (χ1) is 16.1. The maximum Gasteiger partial charge on any atom is 0.347 e. The van der Waals surface area contributed by atoms with Gasteiger partial charge in [-0.05, 0) is 29.5 Å². The first kappa shape index (κ1) is 21.9. The minimum absolute atomic E-state index is 0.182. The van der Waals surface area contributed by atoms with Gasteiger partial charge in [-0.15, -0.1) is 0 Å². The van der Waals surface area contributed by atoms with Crippen molar-refractivity contribution < 1.29 is 14.6 Å². The van der Waals surface area contributed by atoms with E-state index >= 15 is 0 Å². The minimum Gasteiger partial charge on any atom is -0.460 e. The second-order valence-electron chi connectivity index (χ2n) is 9.34. The molecule has 4 heteroatoms. The number of aliphatic hydroxyl groups is 1. The highest BCUT2D eigenvalue weighted by molar-refractivity contribution is 5.85. The average molecular weight is 442 g/mol. The molecular formula is C29H31NO3. The summed E-state index contributed by atoms with van der Waals surface area (Å²) >= 11 is 0. The van der Waals surface area contributed by atoms with E-state index < -0.39 is 11.6 Å². The molecule has 3 aromatic carbocycles. The van der Waals surface area contributed by atoms with E-state index in [1.54, 1.807) is 24.3 Å². The molecular weight excluding hydrogens is 410 g/mol. The van der Waals surface area contributed by atoms with E-state index in [1.807, 2.05) is 36.4 Å². The van der Waals surface area contributed by atoms with Crippen LogP contribution in [0.4, 0.5) is 0 Å². The summed E-state index contributed by atoms with van der Waals surface area (Å²) in [7, 11) is 0. The van der Waals surface area contributed by atoms with Gasteiger partial charge in [0.25, 0.3) is 0 Å². The van der Waals surface area contributed by atoms with Crippen molar-refractivity contribution in [3.8, 4) is 0 Å². The van der Waals surface area contributed by atoms with Crippen LogP contribution < -0.4 is 0 Å². The van der Waals surface area contributed by atoms with Gasteiger partial charge < -0.3 is 9.84 Å². The normalized spacial score (nSPS) is 23.1. The molecule has 3 aromatic rings. The van der Waals surface area contributed by atoms with E-state index in [0.29, 0.717) is 23.2 Å². The molecule has 0 aromatic heterocycles. The number of hydrogen-bond donors (Lipinski definition) is 1. The first-order valence-electron chi connectivity index (χ1n) is 12.0. The highest BCUT2D eigenvalue weighted by Gasteiger charge is 2.45. The van der Waals surface area contributed by atoms with E-state index in [-0.39, 0.29) is 6.10 Å². The summed E-state index contributed by atoms with van der Waals surface area (Å²) in [6.45, 7) is 0.939. The van der Waals surface area contributed by atoms with Crippen molar-refractivity contribution in [3.63, 3.8) is 0 Å². The summed E-state index contributed by atoms with van der Waals surface area (Å²) in [6, 6.07) is 29.6. The lowest BCUT2D eigenvalue weighted by molar-refractivity contribution is -0.173.